The van der Waals surface area contributed by atoms with Crippen LogP contribution in [0.4, 0.5) is 14.5 Å². The van der Waals surface area contributed by atoms with Crippen molar-refractivity contribution >= 4 is 21.6 Å². The number of piperazine rings is 1. The first kappa shape index (κ1) is 18.0. The minimum atomic E-state index is -3.57. The SMILES string of the molecule is O=[N+]([O-])c1cc(Br)cc([C@H](N2CCNCC2)C(F)(F)CO)c1O. The van der Waals surface area contributed by atoms with Crippen molar-refractivity contribution in [3.63, 3.8) is 0 Å². The smallest absolute Gasteiger partial charge is 0.312 e. The van der Waals surface area contributed by atoms with Gasteiger partial charge in [-0.2, -0.15) is 0 Å². The van der Waals surface area contributed by atoms with Crippen LogP contribution in [0.5, 0.6) is 5.75 Å². The van der Waals surface area contributed by atoms with Crippen LogP contribution in [0, 0.1) is 10.1 Å². The molecule has 1 aromatic carbocycles. The summed E-state index contributed by atoms with van der Waals surface area (Å²) in [7, 11) is 0. The van der Waals surface area contributed by atoms with Crippen LogP contribution in [-0.4, -0.2) is 58.7 Å². The van der Waals surface area contributed by atoms with E-state index in [0.29, 0.717) is 13.1 Å². The fourth-order valence-electron chi connectivity index (χ4n) is 2.67. The third-order valence-corrected chi connectivity index (χ3v) is 4.16. The lowest BCUT2D eigenvalue weighted by Gasteiger charge is -2.38. The summed E-state index contributed by atoms with van der Waals surface area (Å²) in [6.07, 6.45) is 0. The molecule has 1 aliphatic rings. The fourth-order valence-corrected chi connectivity index (χ4v) is 3.13. The minimum Gasteiger partial charge on any atom is -0.502 e. The van der Waals surface area contributed by atoms with Crippen LogP contribution >= 0.6 is 15.9 Å². The van der Waals surface area contributed by atoms with Gasteiger partial charge >= 0.3 is 5.69 Å². The molecule has 128 valence electrons. The number of nitrogens with one attached hydrogen (secondary N) is 1. The lowest BCUT2D eigenvalue weighted by Crippen LogP contribution is -2.51. The van der Waals surface area contributed by atoms with Gasteiger partial charge in [0.2, 0.25) is 0 Å². The van der Waals surface area contributed by atoms with Crippen LogP contribution in [0.25, 0.3) is 0 Å². The number of aliphatic hydroxyl groups excluding tert-OH is 1. The third kappa shape index (κ3) is 3.77. The highest BCUT2D eigenvalue weighted by molar-refractivity contribution is 9.10. The van der Waals surface area contributed by atoms with E-state index in [-0.39, 0.29) is 23.1 Å². The van der Waals surface area contributed by atoms with E-state index in [4.69, 9.17) is 5.11 Å². The molecule has 0 unspecified atom stereocenters. The fraction of sp³-hybridized carbons (Fsp3) is 0.538. The van der Waals surface area contributed by atoms with Gasteiger partial charge in [-0.3, -0.25) is 15.0 Å². The molecule has 0 amide bonds. The second-order valence-corrected chi connectivity index (χ2v) is 6.14. The number of benzene rings is 1. The highest BCUT2D eigenvalue weighted by Gasteiger charge is 2.46. The molecular formula is C13H16BrF2N3O4. The Labute approximate surface area is 139 Å². The van der Waals surface area contributed by atoms with Gasteiger partial charge in [-0.1, -0.05) is 15.9 Å². The molecule has 2 rings (SSSR count). The zero-order valence-corrected chi connectivity index (χ0v) is 13.6. The number of hydrogen-bond donors (Lipinski definition) is 3. The Balaban J connectivity index is 2.57. The van der Waals surface area contributed by atoms with E-state index in [0.717, 1.165) is 6.07 Å². The second-order valence-electron chi connectivity index (χ2n) is 5.23. The normalized spacial score (nSPS) is 17.9. The lowest BCUT2D eigenvalue weighted by atomic mass is 9.96. The summed E-state index contributed by atoms with van der Waals surface area (Å²) in [4.78, 5) is 11.6. The van der Waals surface area contributed by atoms with Crippen molar-refractivity contribution in [2.75, 3.05) is 32.8 Å². The Morgan fingerprint density at radius 3 is 2.57 bits per heavy atom. The minimum absolute atomic E-state index is 0.200. The van der Waals surface area contributed by atoms with Crippen LogP contribution in [0.15, 0.2) is 16.6 Å². The maximum atomic E-state index is 14.3. The standard InChI is InChI=1S/C13H16BrF2N3O4/c14-8-5-9(11(21)10(6-8)19(22)23)12(13(15,16)7-20)18-3-1-17-2-4-18/h5-6,12,17,20-21H,1-4,7H2/t12-/m0/s1. The molecule has 1 fully saturated rings. The van der Waals surface area contributed by atoms with E-state index in [1.54, 1.807) is 0 Å². The molecule has 0 spiro atoms. The number of nitro benzene ring substituents is 1. The lowest BCUT2D eigenvalue weighted by molar-refractivity contribution is -0.386. The van der Waals surface area contributed by atoms with E-state index in [1.807, 2.05) is 0 Å². The first-order valence-electron chi connectivity index (χ1n) is 6.88. The van der Waals surface area contributed by atoms with Gasteiger partial charge in [0.25, 0.3) is 5.92 Å². The van der Waals surface area contributed by atoms with Crippen LogP contribution < -0.4 is 5.32 Å². The van der Waals surface area contributed by atoms with E-state index >= 15 is 0 Å². The number of alkyl halides is 2. The topological polar surface area (TPSA) is 98.9 Å². The van der Waals surface area contributed by atoms with Gasteiger partial charge in [-0.05, 0) is 6.07 Å². The molecule has 10 heteroatoms. The number of hydrogen-bond acceptors (Lipinski definition) is 6. The Morgan fingerprint density at radius 2 is 2.04 bits per heavy atom. The van der Waals surface area contributed by atoms with Gasteiger partial charge in [0.1, 0.15) is 12.6 Å². The molecule has 0 radical (unpaired) electrons. The van der Waals surface area contributed by atoms with E-state index < -0.39 is 34.9 Å². The molecule has 3 N–H and O–H groups in total. The highest BCUT2D eigenvalue weighted by Crippen LogP contribution is 2.44. The van der Waals surface area contributed by atoms with Crippen molar-refractivity contribution in [3.8, 4) is 5.75 Å². The van der Waals surface area contributed by atoms with E-state index in [2.05, 4.69) is 21.2 Å². The predicted molar refractivity (Wildman–Crippen MR) is 81.7 cm³/mol. The Hall–Kier alpha value is -1.36. The number of rotatable bonds is 5. The van der Waals surface area contributed by atoms with Gasteiger partial charge in [-0.25, -0.2) is 8.78 Å². The summed E-state index contributed by atoms with van der Waals surface area (Å²) in [5, 5.41) is 33.2. The highest BCUT2D eigenvalue weighted by atomic mass is 79.9. The Bertz CT molecular complexity index is 597. The summed E-state index contributed by atoms with van der Waals surface area (Å²) in [6, 6.07) is 0.606. The molecule has 0 saturated carbocycles. The van der Waals surface area contributed by atoms with Crippen LogP contribution in [0.3, 0.4) is 0 Å². The summed E-state index contributed by atoms with van der Waals surface area (Å²) < 4.78 is 28.8. The van der Waals surface area contributed by atoms with Gasteiger partial charge in [-0.15, -0.1) is 0 Å². The zero-order chi connectivity index (χ0) is 17.2. The second kappa shape index (κ2) is 7.04. The average molecular weight is 396 g/mol. The first-order valence-corrected chi connectivity index (χ1v) is 7.67. The number of phenolic OH excluding ortho intramolecular Hbond substituents is 1. The molecule has 0 aliphatic carbocycles. The van der Waals surface area contributed by atoms with Crippen molar-refractivity contribution in [1.82, 2.24) is 10.2 Å². The van der Waals surface area contributed by atoms with Crippen molar-refractivity contribution in [2.45, 2.75) is 12.0 Å². The van der Waals surface area contributed by atoms with Crippen molar-refractivity contribution in [3.05, 3.63) is 32.3 Å². The average Bonchev–Trinajstić information content (AvgIpc) is 2.51. The van der Waals surface area contributed by atoms with Crippen molar-refractivity contribution in [2.24, 2.45) is 0 Å². The largest absolute Gasteiger partial charge is 0.502 e. The van der Waals surface area contributed by atoms with Gasteiger partial charge < -0.3 is 15.5 Å². The monoisotopic (exact) mass is 395 g/mol. The maximum absolute atomic E-state index is 14.3. The molecule has 0 aromatic heterocycles. The molecule has 1 aliphatic heterocycles. The molecular weight excluding hydrogens is 380 g/mol. The van der Waals surface area contributed by atoms with Crippen LogP contribution in [0.1, 0.15) is 11.6 Å². The summed E-state index contributed by atoms with van der Waals surface area (Å²) >= 11 is 3.04. The number of aromatic hydroxyl groups is 1. The summed E-state index contributed by atoms with van der Waals surface area (Å²) in [6.45, 7) is 0.0328. The summed E-state index contributed by atoms with van der Waals surface area (Å²) in [5.41, 5.74) is -0.949. The predicted octanol–water partition coefficient (Wildman–Crippen LogP) is 1.64. The molecule has 23 heavy (non-hydrogen) atoms. The van der Waals surface area contributed by atoms with Gasteiger partial charge in [0, 0.05) is 42.3 Å². The van der Waals surface area contributed by atoms with Gasteiger partial charge in [0.05, 0.1) is 4.92 Å². The Kier molecular flexibility index (Phi) is 5.50. The van der Waals surface area contributed by atoms with Crippen LogP contribution in [-0.2, 0) is 0 Å². The maximum Gasteiger partial charge on any atom is 0.312 e. The number of halogens is 3. The molecule has 1 atom stereocenters. The number of nitrogens with zero attached hydrogens (tertiary/aromatic N) is 2. The Morgan fingerprint density at radius 1 is 1.43 bits per heavy atom. The van der Waals surface area contributed by atoms with E-state index in [9.17, 15) is 24.0 Å². The van der Waals surface area contributed by atoms with Gasteiger partial charge in [0.15, 0.2) is 5.75 Å². The zero-order valence-electron chi connectivity index (χ0n) is 12.0. The summed E-state index contributed by atoms with van der Waals surface area (Å²) in [5.74, 6) is -4.38. The number of phenols is 1. The first-order chi connectivity index (χ1) is 10.8. The van der Waals surface area contributed by atoms with Crippen molar-refractivity contribution in [1.29, 1.82) is 0 Å². The molecule has 0 bridgehead atoms. The van der Waals surface area contributed by atoms with Crippen LogP contribution in [0.2, 0.25) is 0 Å². The number of nitro groups is 1. The molecule has 1 saturated heterocycles. The molecule has 7 nitrogen and oxygen atoms in total. The molecule has 1 heterocycles. The quantitative estimate of drug-likeness (QED) is 0.517. The van der Waals surface area contributed by atoms with Crippen molar-refractivity contribution < 1.29 is 23.9 Å². The third-order valence-electron chi connectivity index (χ3n) is 3.70. The number of aliphatic hydroxyl groups is 1. The molecule has 1 aromatic rings. The van der Waals surface area contributed by atoms with E-state index in [1.165, 1.54) is 11.0 Å².